The Hall–Kier alpha value is -3.67. The van der Waals surface area contributed by atoms with Crippen LogP contribution in [-0.2, 0) is 4.79 Å². The number of urea groups is 1. The number of rotatable bonds is 6. The van der Waals surface area contributed by atoms with Crippen LogP contribution in [-0.4, -0.2) is 94.4 Å². The van der Waals surface area contributed by atoms with Crippen LogP contribution in [0.25, 0.3) is 10.9 Å². The van der Waals surface area contributed by atoms with Crippen molar-refractivity contribution in [1.82, 2.24) is 30.2 Å². The number of amides is 4. The highest BCUT2D eigenvalue weighted by atomic mass is 16.3. The largest absolute Gasteiger partial charge is 0.483 e. The molecule has 0 radical (unpaired) electrons. The summed E-state index contributed by atoms with van der Waals surface area (Å²) in [5, 5.41) is 20.3. The molecule has 4 N–H and O–H groups in total. The molecule has 0 aliphatic carbocycles. The van der Waals surface area contributed by atoms with E-state index in [1.165, 1.54) is 4.68 Å². The highest BCUT2D eigenvalue weighted by Crippen LogP contribution is 2.31. The van der Waals surface area contributed by atoms with Crippen molar-refractivity contribution in [3.63, 3.8) is 0 Å². The van der Waals surface area contributed by atoms with Crippen LogP contribution in [0.2, 0.25) is 0 Å². The van der Waals surface area contributed by atoms with Crippen molar-refractivity contribution in [3.05, 3.63) is 23.9 Å². The van der Waals surface area contributed by atoms with E-state index in [1.54, 1.807) is 18.2 Å². The second kappa shape index (κ2) is 12.3. The van der Waals surface area contributed by atoms with Gasteiger partial charge in [0.25, 0.3) is 12.4 Å². The van der Waals surface area contributed by atoms with Crippen LogP contribution in [0.4, 0.5) is 15.3 Å². The van der Waals surface area contributed by atoms with Gasteiger partial charge in [-0.05, 0) is 50.9 Å². The number of fused-ring (bicyclic) bond motifs is 4. The first-order chi connectivity index (χ1) is 17.3. The number of carbonyl (C=O) groups is 4. The number of nitrogens with one attached hydrogen (secondary N) is 3. The zero-order valence-corrected chi connectivity index (χ0v) is 21.0. The van der Waals surface area contributed by atoms with E-state index in [-0.39, 0.29) is 36.2 Å². The summed E-state index contributed by atoms with van der Waals surface area (Å²) in [6.07, 6.45) is 3.68. The fourth-order valence-electron chi connectivity index (χ4n) is 4.65. The molecule has 2 unspecified atom stereocenters. The number of aromatic nitrogens is 2. The lowest BCUT2D eigenvalue weighted by Crippen LogP contribution is -2.62. The molecule has 4 heterocycles. The standard InChI is InChI=1S/C23H33N7O3.CH2O2/c1-4-10-24-22(32)26-15-6-9-19-18(12-15)20(27-30(19)23(33)25-11-5-2)21(31)29-14-16-7-8-17(29)13-28(16)3;2-1-3/h6,9,12,16-17H,4-5,7-8,10-11,13-14H2,1-3H3,(H,25,33)(H2,24,26,32);1H,(H,2,3). The number of piperazine rings is 1. The Morgan fingerprint density at radius 1 is 1.08 bits per heavy atom. The van der Waals surface area contributed by atoms with Gasteiger partial charge < -0.3 is 26.0 Å². The molecule has 12 heteroatoms. The molecule has 5 rings (SSSR count). The van der Waals surface area contributed by atoms with Gasteiger partial charge in [-0.3, -0.25) is 14.5 Å². The first kappa shape index (κ1) is 26.9. The topological polar surface area (TPSA) is 149 Å². The van der Waals surface area contributed by atoms with Gasteiger partial charge in [0.1, 0.15) is 0 Å². The van der Waals surface area contributed by atoms with Gasteiger partial charge in [0, 0.05) is 49.3 Å². The summed E-state index contributed by atoms with van der Waals surface area (Å²) in [5.74, 6) is -0.169. The Balaban J connectivity index is 0.00000115. The summed E-state index contributed by atoms with van der Waals surface area (Å²) in [6.45, 7) is 6.29. The van der Waals surface area contributed by atoms with Gasteiger partial charge in [-0.2, -0.15) is 9.78 Å². The summed E-state index contributed by atoms with van der Waals surface area (Å²) < 4.78 is 1.26. The van der Waals surface area contributed by atoms with Crippen LogP contribution in [0, 0.1) is 0 Å². The monoisotopic (exact) mass is 501 g/mol. The maximum absolute atomic E-state index is 13.6. The van der Waals surface area contributed by atoms with Gasteiger partial charge in [-0.15, -0.1) is 0 Å². The van der Waals surface area contributed by atoms with Gasteiger partial charge in [0.05, 0.1) is 5.52 Å². The van der Waals surface area contributed by atoms with Crippen molar-refractivity contribution < 1.29 is 24.3 Å². The second-order valence-corrected chi connectivity index (χ2v) is 8.99. The molecular formula is C24H35N7O5. The zero-order chi connectivity index (χ0) is 26.2. The van der Waals surface area contributed by atoms with Crippen LogP contribution >= 0.6 is 0 Å². The Labute approximate surface area is 210 Å². The predicted molar refractivity (Wildman–Crippen MR) is 135 cm³/mol. The van der Waals surface area contributed by atoms with Crippen LogP contribution < -0.4 is 16.0 Å². The van der Waals surface area contributed by atoms with Crippen molar-refractivity contribution in [2.75, 3.05) is 38.5 Å². The first-order valence-corrected chi connectivity index (χ1v) is 12.3. The van der Waals surface area contributed by atoms with Gasteiger partial charge in [0.15, 0.2) is 5.69 Å². The third-order valence-electron chi connectivity index (χ3n) is 6.46. The van der Waals surface area contributed by atoms with E-state index in [0.29, 0.717) is 42.3 Å². The van der Waals surface area contributed by atoms with E-state index in [1.807, 2.05) is 18.7 Å². The van der Waals surface area contributed by atoms with Crippen LogP contribution in [0.5, 0.6) is 0 Å². The van der Waals surface area contributed by atoms with Crippen LogP contribution in [0.3, 0.4) is 0 Å². The minimum atomic E-state index is -0.373. The van der Waals surface area contributed by atoms with Gasteiger partial charge in [-0.1, -0.05) is 13.8 Å². The van der Waals surface area contributed by atoms with E-state index < -0.39 is 0 Å². The number of anilines is 1. The molecule has 3 fully saturated rings. The number of hydrogen-bond donors (Lipinski definition) is 4. The Morgan fingerprint density at radius 2 is 1.75 bits per heavy atom. The number of nitrogens with zero attached hydrogens (tertiary/aromatic N) is 4. The fraction of sp³-hybridized carbons (Fsp3) is 0.542. The molecular weight excluding hydrogens is 466 g/mol. The lowest BCUT2D eigenvalue weighted by atomic mass is 9.91. The molecule has 36 heavy (non-hydrogen) atoms. The molecule has 2 bridgehead atoms. The minimum Gasteiger partial charge on any atom is -0.483 e. The highest BCUT2D eigenvalue weighted by Gasteiger charge is 2.40. The van der Waals surface area contributed by atoms with Crippen LogP contribution in [0.1, 0.15) is 50.0 Å². The molecule has 0 saturated carbocycles. The summed E-state index contributed by atoms with van der Waals surface area (Å²) >= 11 is 0. The number of carbonyl (C=O) groups excluding carboxylic acids is 3. The molecule has 4 amide bonds. The zero-order valence-electron chi connectivity index (χ0n) is 21.0. The molecule has 1 aromatic carbocycles. The predicted octanol–water partition coefficient (Wildman–Crippen LogP) is 2.15. The van der Waals surface area contributed by atoms with Gasteiger partial charge in [0.2, 0.25) is 0 Å². The molecule has 196 valence electrons. The minimum absolute atomic E-state index is 0.141. The second-order valence-electron chi connectivity index (χ2n) is 8.99. The highest BCUT2D eigenvalue weighted by molar-refractivity contribution is 6.08. The SMILES string of the molecule is CCCNC(=O)Nc1ccc2c(c1)c(C(=O)N1CC3CCC1CN3C)nn2C(=O)NCCC.O=CO. The van der Waals surface area contributed by atoms with Gasteiger partial charge >= 0.3 is 12.1 Å². The smallest absolute Gasteiger partial charge is 0.342 e. The van der Waals surface area contributed by atoms with E-state index >= 15 is 0 Å². The van der Waals surface area contributed by atoms with Crippen molar-refractivity contribution in [3.8, 4) is 0 Å². The summed E-state index contributed by atoms with van der Waals surface area (Å²) in [6, 6.07) is 4.96. The lowest BCUT2D eigenvalue weighted by Gasteiger charge is -2.50. The average Bonchev–Trinajstić information content (AvgIpc) is 3.25. The maximum Gasteiger partial charge on any atom is 0.342 e. The molecule has 2 aromatic rings. The Kier molecular flexibility index (Phi) is 9.23. The number of hydrogen-bond acceptors (Lipinski definition) is 6. The van der Waals surface area contributed by atoms with Crippen molar-refractivity contribution in [2.24, 2.45) is 0 Å². The number of likely N-dealkylation sites (N-methyl/N-ethyl adjacent to an activating group) is 1. The third kappa shape index (κ3) is 5.93. The summed E-state index contributed by atoms with van der Waals surface area (Å²) in [7, 11) is 2.10. The normalized spacial score (nSPS) is 18.8. The average molecular weight is 502 g/mol. The third-order valence-corrected chi connectivity index (χ3v) is 6.46. The molecule has 2 atom stereocenters. The number of benzene rings is 1. The number of carboxylic acid groups (broad SMARTS) is 1. The molecule has 3 aliphatic rings. The first-order valence-electron chi connectivity index (χ1n) is 12.3. The lowest BCUT2D eigenvalue weighted by molar-refractivity contribution is -0.122. The quantitative estimate of drug-likeness (QED) is 0.443. The van der Waals surface area contributed by atoms with Gasteiger partial charge in [-0.25, -0.2) is 9.59 Å². The Morgan fingerprint density at radius 3 is 2.36 bits per heavy atom. The number of piperidine rings is 2. The van der Waals surface area contributed by atoms with Crippen molar-refractivity contribution in [1.29, 1.82) is 0 Å². The van der Waals surface area contributed by atoms with Crippen molar-refractivity contribution >= 4 is 41.0 Å². The summed E-state index contributed by atoms with van der Waals surface area (Å²) in [4.78, 5) is 51.1. The molecule has 3 aliphatic heterocycles. The van der Waals surface area contributed by atoms with E-state index in [4.69, 9.17) is 9.90 Å². The van der Waals surface area contributed by atoms with E-state index in [9.17, 15) is 14.4 Å². The van der Waals surface area contributed by atoms with E-state index in [0.717, 1.165) is 32.2 Å². The molecule has 3 saturated heterocycles. The molecule has 1 aromatic heterocycles. The molecule has 0 spiro atoms. The van der Waals surface area contributed by atoms with Crippen molar-refractivity contribution in [2.45, 2.75) is 51.6 Å². The molecule has 12 nitrogen and oxygen atoms in total. The van der Waals surface area contributed by atoms with E-state index in [2.05, 4.69) is 33.0 Å². The maximum atomic E-state index is 13.6. The van der Waals surface area contributed by atoms with Crippen LogP contribution in [0.15, 0.2) is 18.2 Å². The summed E-state index contributed by atoms with van der Waals surface area (Å²) in [5.41, 5.74) is 1.31. The Bertz CT molecular complexity index is 1100. The fourth-order valence-corrected chi connectivity index (χ4v) is 4.65.